The van der Waals surface area contributed by atoms with Crippen LogP contribution in [0.2, 0.25) is 0 Å². The molecule has 172 valence electrons. The number of carbonyl (C=O) groups is 2. The number of aromatic nitrogens is 2. The van der Waals surface area contributed by atoms with Crippen LogP contribution in [0.15, 0.2) is 64.2 Å². The van der Waals surface area contributed by atoms with Crippen LogP contribution in [0.3, 0.4) is 0 Å². The van der Waals surface area contributed by atoms with Gasteiger partial charge in [-0.05, 0) is 49.1 Å². The minimum atomic E-state index is -0.432. The second-order valence-corrected chi connectivity index (χ2v) is 8.47. The lowest BCUT2D eigenvalue weighted by atomic mass is 10.00. The Hall–Kier alpha value is -4.27. The van der Waals surface area contributed by atoms with Crippen LogP contribution in [0, 0.1) is 0 Å². The summed E-state index contributed by atoms with van der Waals surface area (Å²) in [5, 5.41) is 10.5. The van der Waals surface area contributed by atoms with Gasteiger partial charge in [-0.1, -0.05) is 6.07 Å². The number of hydrogen-bond acceptors (Lipinski definition) is 6. The van der Waals surface area contributed by atoms with E-state index >= 15 is 0 Å². The van der Waals surface area contributed by atoms with Crippen LogP contribution < -0.4 is 10.2 Å². The van der Waals surface area contributed by atoms with Crippen molar-refractivity contribution in [2.75, 3.05) is 18.0 Å². The van der Waals surface area contributed by atoms with Crippen molar-refractivity contribution in [1.29, 1.82) is 0 Å². The van der Waals surface area contributed by atoms with Gasteiger partial charge in [-0.3, -0.25) is 14.8 Å². The first-order valence-electron chi connectivity index (χ1n) is 11.2. The Morgan fingerprint density at radius 3 is 2.85 bits per heavy atom. The van der Waals surface area contributed by atoms with Gasteiger partial charge in [-0.25, -0.2) is 4.79 Å². The first-order chi connectivity index (χ1) is 16.7. The Labute approximate surface area is 194 Å². The topological polar surface area (TPSA) is 114 Å². The van der Waals surface area contributed by atoms with Gasteiger partial charge in [0.05, 0.1) is 48.8 Å². The molecule has 9 heteroatoms. The second kappa shape index (κ2) is 8.26. The summed E-state index contributed by atoms with van der Waals surface area (Å²) in [5.41, 5.74) is 7.54. The Kier molecular flexibility index (Phi) is 4.94. The van der Waals surface area contributed by atoms with Gasteiger partial charge in [0.2, 0.25) is 0 Å². The number of fused-ring (bicyclic) bond motifs is 3. The molecule has 1 aliphatic carbocycles. The predicted molar refractivity (Wildman–Crippen MR) is 122 cm³/mol. The highest BCUT2D eigenvalue weighted by molar-refractivity contribution is 5.94. The molecule has 3 aromatic heterocycles. The van der Waals surface area contributed by atoms with Crippen LogP contribution in [0.25, 0.3) is 22.5 Å². The predicted octanol–water partition coefficient (Wildman–Crippen LogP) is 4.17. The molecule has 4 aromatic rings. The van der Waals surface area contributed by atoms with Gasteiger partial charge >= 0.3 is 6.09 Å². The zero-order chi connectivity index (χ0) is 23.1. The number of carbonyl (C=O) groups excluding carboxylic acids is 2. The fourth-order valence-electron chi connectivity index (χ4n) is 4.66. The number of cyclic esters (lactones) is 1. The maximum Gasteiger partial charge on any atom is 0.414 e. The van der Waals surface area contributed by atoms with E-state index in [4.69, 9.17) is 13.6 Å². The Bertz CT molecular complexity index is 1340. The minimum Gasteiger partial charge on any atom is -0.472 e. The van der Waals surface area contributed by atoms with Crippen molar-refractivity contribution in [3.63, 3.8) is 0 Å². The van der Waals surface area contributed by atoms with Crippen molar-refractivity contribution in [3.8, 4) is 22.5 Å². The molecule has 0 saturated carbocycles. The molecule has 1 aliphatic heterocycles. The van der Waals surface area contributed by atoms with E-state index in [0.717, 1.165) is 53.0 Å². The fraction of sp³-hybridized carbons (Fsp3) is 0.240. The zero-order valence-corrected chi connectivity index (χ0v) is 18.2. The van der Waals surface area contributed by atoms with Gasteiger partial charge in [0.25, 0.3) is 5.91 Å². The van der Waals surface area contributed by atoms with Crippen LogP contribution in [0.1, 0.15) is 27.9 Å². The van der Waals surface area contributed by atoms with Crippen molar-refractivity contribution < 1.29 is 23.2 Å². The molecule has 9 nitrogen and oxygen atoms in total. The summed E-state index contributed by atoms with van der Waals surface area (Å²) < 4.78 is 15.7. The molecule has 34 heavy (non-hydrogen) atoms. The monoisotopic (exact) mass is 458 g/mol. The number of ether oxygens (including phenoxy) is 1. The number of nitrogens with zero attached hydrogens (tertiary/aromatic N) is 2. The lowest BCUT2D eigenvalue weighted by molar-refractivity contribution is 0.0915. The molecule has 0 bridgehead atoms. The first-order valence-corrected chi connectivity index (χ1v) is 11.2. The fourth-order valence-corrected chi connectivity index (χ4v) is 4.66. The number of rotatable bonds is 5. The summed E-state index contributed by atoms with van der Waals surface area (Å²) in [6, 6.07) is 9.52. The third kappa shape index (κ3) is 3.55. The third-order valence-corrected chi connectivity index (χ3v) is 6.35. The molecule has 2 aliphatic rings. The van der Waals surface area contributed by atoms with E-state index in [1.54, 1.807) is 23.5 Å². The second-order valence-electron chi connectivity index (χ2n) is 8.47. The summed E-state index contributed by atoms with van der Waals surface area (Å²) in [6.07, 6.45) is 8.10. The normalized spacial score (nSPS) is 17.1. The van der Waals surface area contributed by atoms with Crippen LogP contribution in [0.5, 0.6) is 0 Å². The van der Waals surface area contributed by atoms with Crippen molar-refractivity contribution in [2.24, 2.45) is 0 Å². The summed E-state index contributed by atoms with van der Waals surface area (Å²) in [4.78, 5) is 26.3. The number of furan rings is 2. The maximum absolute atomic E-state index is 12.6. The smallest absolute Gasteiger partial charge is 0.414 e. The van der Waals surface area contributed by atoms with Gasteiger partial charge in [-0.2, -0.15) is 5.10 Å². The van der Waals surface area contributed by atoms with E-state index in [0.29, 0.717) is 12.1 Å². The standard InChI is InChI=1S/C25H22N4O5/c30-24(17-7-9-33-14-17)26-11-19-12-29(25(31)34-19)18-4-5-20-15(10-18)2-1-3-21-22(27-28-23(20)21)16-6-8-32-13-16/h4-10,13-14,19H,1-3,11-12H2,(H,26,30)(H,27,28)/t19-/m0/s1. The molecule has 2 N–H and O–H groups in total. The number of anilines is 1. The highest BCUT2D eigenvalue weighted by Gasteiger charge is 2.33. The highest BCUT2D eigenvalue weighted by atomic mass is 16.6. The zero-order valence-electron chi connectivity index (χ0n) is 18.2. The molecule has 1 fully saturated rings. The average Bonchev–Trinajstić information content (AvgIpc) is 3.63. The molecular weight excluding hydrogens is 436 g/mol. The molecule has 0 radical (unpaired) electrons. The van der Waals surface area contributed by atoms with Crippen LogP contribution in [-0.2, 0) is 17.6 Å². The first kappa shape index (κ1) is 20.3. The summed E-state index contributed by atoms with van der Waals surface area (Å²) in [7, 11) is 0. The van der Waals surface area contributed by atoms with Gasteiger partial charge in [0, 0.05) is 22.4 Å². The van der Waals surface area contributed by atoms with Crippen LogP contribution >= 0.6 is 0 Å². The lowest BCUT2D eigenvalue weighted by Gasteiger charge is -2.16. The van der Waals surface area contributed by atoms with Crippen molar-refractivity contribution in [3.05, 3.63) is 72.1 Å². The third-order valence-electron chi connectivity index (χ3n) is 6.35. The van der Waals surface area contributed by atoms with E-state index in [1.807, 2.05) is 18.2 Å². The number of aryl methyl sites for hydroxylation is 1. The molecule has 2 amide bonds. The average molecular weight is 458 g/mol. The van der Waals surface area contributed by atoms with Crippen molar-refractivity contribution in [2.45, 2.75) is 25.4 Å². The Morgan fingerprint density at radius 2 is 2.03 bits per heavy atom. The van der Waals surface area contributed by atoms with Crippen molar-refractivity contribution in [1.82, 2.24) is 15.5 Å². The van der Waals surface area contributed by atoms with E-state index in [9.17, 15) is 9.59 Å². The molecule has 6 rings (SSSR count). The van der Waals surface area contributed by atoms with E-state index < -0.39 is 12.2 Å². The molecule has 1 atom stereocenters. The quantitative estimate of drug-likeness (QED) is 0.464. The molecule has 1 saturated heterocycles. The number of H-pyrrole nitrogens is 1. The van der Waals surface area contributed by atoms with Crippen molar-refractivity contribution >= 4 is 17.7 Å². The molecular formula is C25H22N4O5. The summed E-state index contributed by atoms with van der Waals surface area (Å²) >= 11 is 0. The largest absolute Gasteiger partial charge is 0.472 e. The highest BCUT2D eigenvalue weighted by Crippen LogP contribution is 2.38. The van der Waals surface area contributed by atoms with Gasteiger partial charge in [-0.15, -0.1) is 0 Å². The molecule has 1 aromatic carbocycles. The molecule has 0 spiro atoms. The Morgan fingerprint density at radius 1 is 1.15 bits per heavy atom. The van der Waals surface area contributed by atoms with Crippen LogP contribution in [0.4, 0.5) is 10.5 Å². The number of amides is 2. The number of benzene rings is 1. The molecule has 0 unspecified atom stereocenters. The molecule has 4 heterocycles. The van der Waals surface area contributed by atoms with E-state index in [1.165, 1.54) is 18.1 Å². The SMILES string of the molecule is O=C(NC[C@H]1CN(c2ccc3c(c2)CCCc2c(-c4ccoc4)n[nH]c2-3)C(=O)O1)c1ccoc1. The van der Waals surface area contributed by atoms with Gasteiger partial charge in [0.1, 0.15) is 12.4 Å². The number of hydrogen-bond donors (Lipinski definition) is 2. The number of aromatic amines is 1. The maximum atomic E-state index is 12.6. The van der Waals surface area contributed by atoms with E-state index in [2.05, 4.69) is 21.6 Å². The summed E-state index contributed by atoms with van der Waals surface area (Å²) in [6.45, 7) is 0.592. The van der Waals surface area contributed by atoms with Gasteiger partial charge in [0.15, 0.2) is 0 Å². The van der Waals surface area contributed by atoms with Crippen LogP contribution in [-0.4, -0.2) is 41.4 Å². The number of nitrogens with one attached hydrogen (secondary N) is 2. The van der Waals surface area contributed by atoms with E-state index in [-0.39, 0.29) is 12.5 Å². The lowest BCUT2D eigenvalue weighted by Crippen LogP contribution is -2.34. The van der Waals surface area contributed by atoms with Gasteiger partial charge < -0.3 is 18.9 Å². The minimum absolute atomic E-state index is 0.228. The summed E-state index contributed by atoms with van der Waals surface area (Å²) in [5.74, 6) is -0.265. The Balaban J connectivity index is 1.20.